The summed E-state index contributed by atoms with van der Waals surface area (Å²) in [7, 11) is 0. The zero-order valence-electron chi connectivity index (χ0n) is 14.6. The number of hydrogen-bond acceptors (Lipinski definition) is 6. The molecule has 0 unspecified atom stereocenters. The highest BCUT2D eigenvalue weighted by molar-refractivity contribution is 14.0. The van der Waals surface area contributed by atoms with Crippen molar-refractivity contribution in [3.8, 4) is 11.5 Å². The van der Waals surface area contributed by atoms with Crippen molar-refractivity contribution in [2.75, 3.05) is 25.6 Å². The first kappa shape index (κ1) is 21.1. The Hall–Kier alpha value is -1.20. The molecule has 1 aromatic heterocycles. The van der Waals surface area contributed by atoms with Crippen LogP contribution in [0.5, 0.6) is 11.5 Å². The lowest BCUT2D eigenvalue weighted by Crippen LogP contribution is -2.37. The molecule has 142 valence electrons. The largest absolute Gasteiger partial charge is 0.454 e. The molecule has 3 rings (SSSR count). The summed E-state index contributed by atoms with van der Waals surface area (Å²) in [5.41, 5.74) is 1.10. The number of nitrogens with one attached hydrogen (secondary N) is 2. The van der Waals surface area contributed by atoms with E-state index < -0.39 is 0 Å². The molecule has 0 aliphatic carbocycles. The summed E-state index contributed by atoms with van der Waals surface area (Å²) in [5, 5.41) is 8.66. The van der Waals surface area contributed by atoms with Gasteiger partial charge in [0.05, 0.1) is 6.54 Å². The van der Waals surface area contributed by atoms with E-state index in [0.717, 1.165) is 52.6 Å². The van der Waals surface area contributed by atoms with Gasteiger partial charge < -0.3 is 20.1 Å². The third-order valence-electron chi connectivity index (χ3n) is 3.45. The number of benzene rings is 1. The molecular formula is C17H23IN4O2S2. The molecule has 0 radical (unpaired) electrons. The van der Waals surface area contributed by atoms with Crippen LogP contribution in [0.3, 0.4) is 0 Å². The summed E-state index contributed by atoms with van der Waals surface area (Å²) < 4.78 is 11.9. The topological polar surface area (TPSA) is 67.8 Å². The maximum absolute atomic E-state index is 5.41. The zero-order valence-corrected chi connectivity index (χ0v) is 18.5. The average molecular weight is 506 g/mol. The lowest BCUT2D eigenvalue weighted by molar-refractivity contribution is 0.174. The fraction of sp³-hybridized carbons (Fsp3) is 0.412. The Morgan fingerprint density at radius 3 is 3.00 bits per heavy atom. The van der Waals surface area contributed by atoms with E-state index in [1.165, 1.54) is 0 Å². The van der Waals surface area contributed by atoms with Gasteiger partial charge in [0.2, 0.25) is 6.79 Å². The Labute approximate surface area is 179 Å². The molecule has 1 aromatic carbocycles. The standard InChI is InChI=1S/C17H22N4O2S2.HI/c1-2-18-16(19-6-3-8-24-17-20-7-9-25-17)21-11-13-4-5-14-15(10-13)23-12-22-14;/h4-5,7,9-10H,2-3,6,8,11-12H2,1H3,(H2,18,19,21);1H. The fourth-order valence-electron chi connectivity index (χ4n) is 2.27. The Morgan fingerprint density at radius 1 is 1.31 bits per heavy atom. The molecule has 0 spiro atoms. The van der Waals surface area contributed by atoms with E-state index >= 15 is 0 Å². The minimum absolute atomic E-state index is 0. The number of aromatic nitrogens is 1. The molecule has 9 heteroatoms. The predicted molar refractivity (Wildman–Crippen MR) is 118 cm³/mol. The molecule has 0 amide bonds. The Kier molecular flexibility index (Phi) is 9.33. The third-order valence-corrected chi connectivity index (χ3v) is 5.50. The van der Waals surface area contributed by atoms with Crippen molar-refractivity contribution in [2.24, 2.45) is 4.99 Å². The molecule has 0 saturated heterocycles. The highest BCUT2D eigenvalue weighted by Gasteiger charge is 2.12. The van der Waals surface area contributed by atoms with Crippen LogP contribution >= 0.6 is 47.1 Å². The highest BCUT2D eigenvalue weighted by atomic mass is 127. The molecule has 6 nitrogen and oxygen atoms in total. The number of thioether (sulfide) groups is 1. The number of halogens is 1. The van der Waals surface area contributed by atoms with Crippen molar-refractivity contribution in [3.63, 3.8) is 0 Å². The maximum Gasteiger partial charge on any atom is 0.231 e. The van der Waals surface area contributed by atoms with Crippen LogP contribution in [0.25, 0.3) is 0 Å². The second kappa shape index (κ2) is 11.5. The van der Waals surface area contributed by atoms with Gasteiger partial charge in [0.15, 0.2) is 17.5 Å². The second-order valence-corrected chi connectivity index (χ2v) is 7.55. The van der Waals surface area contributed by atoms with Crippen molar-refractivity contribution in [1.29, 1.82) is 0 Å². The van der Waals surface area contributed by atoms with Gasteiger partial charge in [0.25, 0.3) is 0 Å². The number of ether oxygens (including phenoxy) is 2. The van der Waals surface area contributed by atoms with Crippen LogP contribution in [0.1, 0.15) is 18.9 Å². The maximum atomic E-state index is 5.41. The van der Waals surface area contributed by atoms with Crippen molar-refractivity contribution in [3.05, 3.63) is 35.3 Å². The average Bonchev–Trinajstić information content (AvgIpc) is 3.30. The Morgan fingerprint density at radius 2 is 2.19 bits per heavy atom. The summed E-state index contributed by atoms with van der Waals surface area (Å²) in [5.74, 6) is 3.47. The minimum atomic E-state index is 0. The van der Waals surface area contributed by atoms with Crippen molar-refractivity contribution >= 4 is 53.0 Å². The number of rotatable bonds is 8. The van der Waals surface area contributed by atoms with Crippen LogP contribution in [0.2, 0.25) is 0 Å². The van der Waals surface area contributed by atoms with Gasteiger partial charge in [-0.25, -0.2) is 9.98 Å². The summed E-state index contributed by atoms with van der Waals surface area (Å²) in [6, 6.07) is 5.94. The van der Waals surface area contributed by atoms with Gasteiger partial charge in [-0.05, 0) is 31.0 Å². The van der Waals surface area contributed by atoms with Gasteiger partial charge in [-0.3, -0.25) is 0 Å². The quantitative estimate of drug-likeness (QED) is 0.187. The first-order valence-electron chi connectivity index (χ1n) is 8.28. The second-order valence-electron chi connectivity index (χ2n) is 5.31. The van der Waals surface area contributed by atoms with Gasteiger partial charge in [-0.1, -0.05) is 17.8 Å². The molecule has 2 aromatic rings. The number of thiazole rings is 1. The van der Waals surface area contributed by atoms with Gasteiger partial charge in [-0.15, -0.1) is 35.3 Å². The van der Waals surface area contributed by atoms with E-state index in [2.05, 4.69) is 27.5 Å². The van der Waals surface area contributed by atoms with Crippen LogP contribution < -0.4 is 20.1 Å². The van der Waals surface area contributed by atoms with E-state index in [9.17, 15) is 0 Å². The van der Waals surface area contributed by atoms with E-state index in [1.807, 2.05) is 29.8 Å². The summed E-state index contributed by atoms with van der Waals surface area (Å²) >= 11 is 3.48. The summed E-state index contributed by atoms with van der Waals surface area (Å²) in [4.78, 5) is 8.91. The molecule has 1 aliphatic heterocycles. The number of aliphatic imine (C=N–C) groups is 1. The first-order chi connectivity index (χ1) is 12.3. The number of nitrogens with zero attached hydrogens (tertiary/aromatic N) is 2. The van der Waals surface area contributed by atoms with E-state index in [-0.39, 0.29) is 24.0 Å². The number of fused-ring (bicyclic) bond motifs is 1. The lowest BCUT2D eigenvalue weighted by atomic mass is 10.2. The van der Waals surface area contributed by atoms with E-state index in [0.29, 0.717) is 13.3 Å². The van der Waals surface area contributed by atoms with Crippen molar-refractivity contribution < 1.29 is 9.47 Å². The van der Waals surface area contributed by atoms with Crippen LogP contribution in [-0.2, 0) is 6.54 Å². The fourth-order valence-corrected chi connectivity index (χ4v) is 3.92. The monoisotopic (exact) mass is 506 g/mol. The van der Waals surface area contributed by atoms with Crippen LogP contribution in [0.15, 0.2) is 39.1 Å². The van der Waals surface area contributed by atoms with Gasteiger partial charge in [-0.2, -0.15) is 0 Å². The van der Waals surface area contributed by atoms with Crippen LogP contribution in [0, 0.1) is 0 Å². The molecule has 0 bridgehead atoms. The van der Waals surface area contributed by atoms with E-state index in [4.69, 9.17) is 9.47 Å². The van der Waals surface area contributed by atoms with Gasteiger partial charge in [0.1, 0.15) is 4.34 Å². The lowest BCUT2D eigenvalue weighted by Gasteiger charge is -2.11. The molecule has 0 atom stereocenters. The predicted octanol–water partition coefficient (Wildman–Crippen LogP) is 3.73. The third kappa shape index (κ3) is 6.51. The number of hydrogen-bond donors (Lipinski definition) is 2. The molecule has 2 heterocycles. The Bertz CT molecular complexity index is 698. The smallest absolute Gasteiger partial charge is 0.231 e. The summed E-state index contributed by atoms with van der Waals surface area (Å²) in [6.07, 6.45) is 2.90. The van der Waals surface area contributed by atoms with Crippen LogP contribution in [-0.4, -0.2) is 36.6 Å². The molecule has 2 N–H and O–H groups in total. The molecule has 26 heavy (non-hydrogen) atoms. The van der Waals surface area contributed by atoms with Gasteiger partial charge >= 0.3 is 0 Å². The van der Waals surface area contributed by atoms with Gasteiger partial charge in [0, 0.05) is 30.4 Å². The normalized spacial score (nSPS) is 12.6. The minimum Gasteiger partial charge on any atom is -0.454 e. The number of guanidine groups is 1. The highest BCUT2D eigenvalue weighted by Crippen LogP contribution is 2.32. The van der Waals surface area contributed by atoms with Crippen molar-refractivity contribution in [2.45, 2.75) is 24.2 Å². The zero-order chi connectivity index (χ0) is 17.3. The molecule has 0 fully saturated rings. The van der Waals surface area contributed by atoms with E-state index in [1.54, 1.807) is 23.1 Å². The van der Waals surface area contributed by atoms with Crippen molar-refractivity contribution in [1.82, 2.24) is 15.6 Å². The SMILES string of the molecule is CCNC(=NCc1ccc2c(c1)OCO2)NCCCSc1nccs1.I. The Balaban J connectivity index is 0.00000243. The van der Waals surface area contributed by atoms with Crippen LogP contribution in [0.4, 0.5) is 0 Å². The molecule has 1 aliphatic rings. The molecule has 0 saturated carbocycles. The first-order valence-corrected chi connectivity index (χ1v) is 10.1. The summed E-state index contributed by atoms with van der Waals surface area (Å²) in [6.45, 7) is 4.67. The molecular weight excluding hydrogens is 483 g/mol.